The Morgan fingerprint density at radius 1 is 1.11 bits per heavy atom. The van der Waals surface area contributed by atoms with Crippen LogP contribution in [0.3, 0.4) is 0 Å². The fraction of sp³-hybridized carbons (Fsp3) is 0.300. The van der Waals surface area contributed by atoms with E-state index in [0.29, 0.717) is 30.2 Å². The van der Waals surface area contributed by atoms with Crippen LogP contribution in [0.5, 0.6) is 5.75 Å². The number of hydrogen-bond acceptors (Lipinski definition) is 5. The van der Waals surface area contributed by atoms with Crippen LogP contribution in [-0.2, 0) is 4.79 Å². The van der Waals surface area contributed by atoms with Gasteiger partial charge in [-0.25, -0.2) is 0 Å². The molecule has 0 aliphatic rings. The highest BCUT2D eigenvalue weighted by molar-refractivity contribution is 8.00. The second-order valence-electron chi connectivity index (χ2n) is 6.12. The Labute approximate surface area is 176 Å². The Balaban J connectivity index is 0.00000392. The third-order valence-corrected chi connectivity index (χ3v) is 4.51. The zero-order valence-electron chi connectivity index (χ0n) is 15.9. The number of nitrogens with two attached hydrogens (primary N) is 1. The van der Waals surface area contributed by atoms with E-state index < -0.39 is 0 Å². The average molecular weight is 424 g/mol. The van der Waals surface area contributed by atoms with E-state index in [1.165, 1.54) is 11.8 Å². The molecule has 0 fully saturated rings. The van der Waals surface area contributed by atoms with Gasteiger partial charge < -0.3 is 21.1 Å². The molecular weight excluding hydrogens is 398 g/mol. The smallest absolute Gasteiger partial charge is 0.256 e. The van der Waals surface area contributed by atoms with Gasteiger partial charge in [-0.05, 0) is 50.2 Å². The van der Waals surface area contributed by atoms with E-state index in [1.54, 1.807) is 36.4 Å². The molecule has 0 saturated heterocycles. The Hall–Kier alpha value is -2.22. The number of anilines is 1. The quantitative estimate of drug-likeness (QED) is 0.538. The fourth-order valence-corrected chi connectivity index (χ4v) is 3.16. The molecule has 0 bridgehead atoms. The fourth-order valence-electron chi connectivity index (χ4n) is 2.30. The molecule has 6 nitrogen and oxygen atoms in total. The lowest BCUT2D eigenvalue weighted by molar-refractivity contribution is -0.119. The third-order valence-electron chi connectivity index (χ3n) is 3.44. The predicted octanol–water partition coefficient (Wildman–Crippen LogP) is 3.31. The molecule has 152 valence electrons. The Morgan fingerprint density at radius 2 is 1.79 bits per heavy atom. The molecule has 2 amide bonds. The van der Waals surface area contributed by atoms with Gasteiger partial charge in [0.25, 0.3) is 5.91 Å². The van der Waals surface area contributed by atoms with Crippen LogP contribution >= 0.6 is 24.2 Å². The molecule has 2 rings (SSSR count). The molecule has 28 heavy (non-hydrogen) atoms. The average Bonchev–Trinajstić information content (AvgIpc) is 2.65. The van der Waals surface area contributed by atoms with Crippen molar-refractivity contribution in [2.45, 2.75) is 24.8 Å². The molecule has 2 aromatic carbocycles. The number of rotatable bonds is 9. The molecule has 0 unspecified atom stereocenters. The number of nitrogens with one attached hydrogen (secondary N) is 2. The van der Waals surface area contributed by atoms with Gasteiger partial charge in [-0.2, -0.15) is 0 Å². The second kappa shape index (κ2) is 12.3. The molecule has 0 heterocycles. The van der Waals surface area contributed by atoms with Gasteiger partial charge in [0.05, 0.1) is 11.3 Å². The zero-order valence-corrected chi connectivity index (χ0v) is 17.6. The van der Waals surface area contributed by atoms with Crippen LogP contribution in [0.25, 0.3) is 0 Å². The van der Waals surface area contributed by atoms with E-state index >= 15 is 0 Å². The van der Waals surface area contributed by atoms with Crippen molar-refractivity contribution in [1.82, 2.24) is 5.32 Å². The summed E-state index contributed by atoms with van der Waals surface area (Å²) in [5, 5.41) is 5.71. The Bertz CT molecular complexity index is 770. The summed E-state index contributed by atoms with van der Waals surface area (Å²) in [6, 6.07) is 14.4. The zero-order chi connectivity index (χ0) is 19.6. The highest BCUT2D eigenvalue weighted by Gasteiger charge is 2.13. The minimum atomic E-state index is -0.224. The van der Waals surface area contributed by atoms with Crippen molar-refractivity contribution in [1.29, 1.82) is 0 Å². The minimum absolute atomic E-state index is 0. The van der Waals surface area contributed by atoms with Crippen molar-refractivity contribution in [2.24, 2.45) is 5.73 Å². The van der Waals surface area contributed by atoms with Crippen molar-refractivity contribution in [3.05, 3.63) is 54.1 Å². The van der Waals surface area contributed by atoms with Gasteiger partial charge in [-0.1, -0.05) is 12.1 Å². The van der Waals surface area contributed by atoms with Crippen LogP contribution in [0.1, 0.15) is 24.2 Å². The monoisotopic (exact) mass is 423 g/mol. The SMILES string of the molecule is CC(C)NC(=O)CSc1ccccc1C(=O)Nc1ccc(OCCN)cc1.Cl. The number of halogens is 1. The van der Waals surface area contributed by atoms with Gasteiger partial charge in [0, 0.05) is 23.2 Å². The molecule has 0 aromatic heterocycles. The van der Waals surface area contributed by atoms with Crippen molar-refractivity contribution in [2.75, 3.05) is 24.2 Å². The van der Waals surface area contributed by atoms with Crippen LogP contribution in [0.4, 0.5) is 5.69 Å². The lowest BCUT2D eigenvalue weighted by Gasteiger charge is -2.11. The Kier molecular flexibility index (Phi) is 10.4. The molecule has 0 spiro atoms. The summed E-state index contributed by atoms with van der Waals surface area (Å²) in [7, 11) is 0. The first-order valence-electron chi connectivity index (χ1n) is 8.75. The molecule has 8 heteroatoms. The molecule has 0 aliphatic carbocycles. The number of carbonyl (C=O) groups excluding carboxylic acids is 2. The van der Waals surface area contributed by atoms with Crippen LogP contribution in [0.15, 0.2) is 53.4 Å². The maximum atomic E-state index is 12.6. The number of ether oxygens (including phenoxy) is 1. The highest BCUT2D eigenvalue weighted by Crippen LogP contribution is 2.24. The summed E-state index contributed by atoms with van der Waals surface area (Å²) in [6.07, 6.45) is 0. The molecular formula is C20H26ClN3O3S. The van der Waals surface area contributed by atoms with Crippen molar-refractivity contribution in [3.8, 4) is 5.75 Å². The van der Waals surface area contributed by atoms with Gasteiger partial charge in [0.1, 0.15) is 12.4 Å². The second-order valence-corrected chi connectivity index (χ2v) is 7.14. The third kappa shape index (κ3) is 7.80. The highest BCUT2D eigenvalue weighted by atomic mass is 35.5. The molecule has 4 N–H and O–H groups in total. The maximum Gasteiger partial charge on any atom is 0.256 e. The van der Waals surface area contributed by atoms with E-state index in [-0.39, 0.29) is 36.0 Å². The molecule has 0 saturated carbocycles. The summed E-state index contributed by atoms with van der Waals surface area (Å²) in [4.78, 5) is 25.3. The number of carbonyl (C=O) groups is 2. The largest absolute Gasteiger partial charge is 0.492 e. The van der Waals surface area contributed by atoms with Crippen molar-refractivity contribution < 1.29 is 14.3 Å². The van der Waals surface area contributed by atoms with Gasteiger partial charge in [0.15, 0.2) is 0 Å². The van der Waals surface area contributed by atoms with E-state index in [0.717, 1.165) is 4.90 Å². The van der Waals surface area contributed by atoms with Crippen molar-refractivity contribution >= 4 is 41.7 Å². The van der Waals surface area contributed by atoms with Crippen LogP contribution in [-0.4, -0.2) is 36.8 Å². The summed E-state index contributed by atoms with van der Waals surface area (Å²) in [5.74, 6) is 0.678. The number of amides is 2. The van der Waals surface area contributed by atoms with Crippen LogP contribution in [0, 0.1) is 0 Å². The van der Waals surface area contributed by atoms with Crippen LogP contribution < -0.4 is 21.1 Å². The molecule has 0 radical (unpaired) electrons. The topological polar surface area (TPSA) is 93.5 Å². The molecule has 2 aromatic rings. The summed E-state index contributed by atoms with van der Waals surface area (Å²) in [5.41, 5.74) is 6.60. The van der Waals surface area contributed by atoms with Gasteiger partial charge in [-0.3, -0.25) is 9.59 Å². The van der Waals surface area contributed by atoms with Crippen molar-refractivity contribution in [3.63, 3.8) is 0 Å². The summed E-state index contributed by atoms with van der Waals surface area (Å²) < 4.78 is 5.42. The predicted molar refractivity (Wildman–Crippen MR) is 117 cm³/mol. The van der Waals surface area contributed by atoms with E-state index in [4.69, 9.17) is 10.5 Å². The first kappa shape index (κ1) is 23.8. The lowest BCUT2D eigenvalue weighted by Crippen LogP contribution is -2.31. The lowest BCUT2D eigenvalue weighted by atomic mass is 10.2. The van der Waals surface area contributed by atoms with E-state index in [2.05, 4.69) is 10.6 Å². The summed E-state index contributed by atoms with van der Waals surface area (Å²) in [6.45, 7) is 4.72. The molecule has 0 aliphatic heterocycles. The minimum Gasteiger partial charge on any atom is -0.492 e. The summed E-state index contributed by atoms with van der Waals surface area (Å²) >= 11 is 1.34. The first-order chi connectivity index (χ1) is 13.0. The standard InChI is InChI=1S/C20H25N3O3S.ClH/c1-14(2)22-19(24)13-27-18-6-4-3-5-17(18)20(25)23-15-7-9-16(10-8-15)26-12-11-21;/h3-10,14H,11-13,21H2,1-2H3,(H,22,24)(H,23,25);1H. The number of thioether (sulfide) groups is 1. The Morgan fingerprint density at radius 3 is 2.43 bits per heavy atom. The van der Waals surface area contributed by atoms with Crippen LogP contribution in [0.2, 0.25) is 0 Å². The van der Waals surface area contributed by atoms with Gasteiger partial charge in [0.2, 0.25) is 5.91 Å². The molecule has 0 atom stereocenters. The first-order valence-corrected chi connectivity index (χ1v) is 9.73. The normalized spacial score (nSPS) is 10.1. The van der Waals surface area contributed by atoms with Gasteiger partial charge in [-0.15, -0.1) is 24.2 Å². The van der Waals surface area contributed by atoms with Gasteiger partial charge >= 0.3 is 0 Å². The maximum absolute atomic E-state index is 12.6. The number of hydrogen-bond donors (Lipinski definition) is 3. The van der Waals surface area contributed by atoms with E-state index in [9.17, 15) is 9.59 Å². The number of benzene rings is 2. The van der Waals surface area contributed by atoms with E-state index in [1.807, 2.05) is 26.0 Å².